The van der Waals surface area contributed by atoms with Gasteiger partial charge in [0, 0.05) is 13.0 Å². The van der Waals surface area contributed by atoms with Gasteiger partial charge in [0.15, 0.2) is 0 Å². The van der Waals surface area contributed by atoms with Crippen molar-refractivity contribution in [1.29, 1.82) is 0 Å². The second-order valence-electron chi connectivity index (χ2n) is 4.92. The lowest BCUT2D eigenvalue weighted by molar-refractivity contribution is 0.0856. The van der Waals surface area contributed by atoms with Crippen molar-refractivity contribution in [3.8, 4) is 5.75 Å². The Bertz CT molecular complexity index is 482. The maximum Gasteiger partial charge on any atom is 0.255 e. The fraction of sp³-hybridized carbons (Fsp3) is 0.538. The quantitative estimate of drug-likeness (QED) is 0.923. The van der Waals surface area contributed by atoms with E-state index in [0.717, 1.165) is 30.6 Å². The highest BCUT2D eigenvalue weighted by atomic mass is 35.5. The smallest absolute Gasteiger partial charge is 0.255 e. The highest BCUT2D eigenvalue weighted by Gasteiger charge is 2.57. The number of fused-ring (bicyclic) bond motifs is 1. The van der Waals surface area contributed by atoms with Gasteiger partial charge in [0.2, 0.25) is 0 Å². The Balaban J connectivity index is 0.00000133. The minimum absolute atomic E-state index is 0. The first-order valence-electron chi connectivity index (χ1n) is 6.09. The summed E-state index contributed by atoms with van der Waals surface area (Å²) in [6, 6.07) is 3.72. The molecule has 1 fully saturated rings. The van der Waals surface area contributed by atoms with E-state index in [4.69, 9.17) is 16.3 Å². The van der Waals surface area contributed by atoms with Crippen LogP contribution in [-0.4, -0.2) is 19.1 Å². The third kappa shape index (κ3) is 2.96. The molecule has 0 radical (unpaired) electrons. The number of alkyl halides is 2. The van der Waals surface area contributed by atoms with Crippen molar-refractivity contribution < 1.29 is 13.5 Å². The molecule has 0 aromatic heterocycles. The number of rotatable bonds is 3. The topological polar surface area (TPSA) is 21.3 Å². The Hall–Kier alpha value is -0.580. The van der Waals surface area contributed by atoms with Gasteiger partial charge < -0.3 is 10.1 Å². The molecule has 1 aromatic carbocycles. The molecule has 1 aliphatic carbocycles. The van der Waals surface area contributed by atoms with Gasteiger partial charge in [-0.2, -0.15) is 0 Å². The zero-order valence-corrected chi connectivity index (χ0v) is 11.8. The molecule has 0 spiro atoms. The Morgan fingerprint density at radius 2 is 2.16 bits per heavy atom. The van der Waals surface area contributed by atoms with Crippen LogP contribution in [0.25, 0.3) is 0 Å². The Kier molecular flexibility index (Phi) is 4.23. The van der Waals surface area contributed by atoms with Crippen LogP contribution in [-0.2, 0) is 13.0 Å². The molecule has 2 nitrogen and oxygen atoms in total. The number of hydrogen-bond acceptors (Lipinski definition) is 2. The molecule has 19 heavy (non-hydrogen) atoms. The Morgan fingerprint density at radius 1 is 1.42 bits per heavy atom. The van der Waals surface area contributed by atoms with E-state index < -0.39 is 11.8 Å². The summed E-state index contributed by atoms with van der Waals surface area (Å²) >= 11 is 6.26. The van der Waals surface area contributed by atoms with E-state index in [1.807, 2.05) is 6.07 Å². The number of halogens is 4. The Morgan fingerprint density at radius 3 is 2.84 bits per heavy atom. The molecule has 106 valence electrons. The predicted octanol–water partition coefficient (Wildman–Crippen LogP) is 3.44. The van der Waals surface area contributed by atoms with Crippen LogP contribution in [0, 0.1) is 5.92 Å². The van der Waals surface area contributed by atoms with Gasteiger partial charge in [-0.25, -0.2) is 8.78 Å². The van der Waals surface area contributed by atoms with Gasteiger partial charge in [0.1, 0.15) is 5.75 Å². The summed E-state index contributed by atoms with van der Waals surface area (Å²) in [5.74, 6) is -2.66. The van der Waals surface area contributed by atoms with Crippen LogP contribution < -0.4 is 10.1 Å². The molecular weight excluding hydrogens is 295 g/mol. The van der Waals surface area contributed by atoms with Crippen LogP contribution in [0.2, 0.25) is 5.02 Å². The summed E-state index contributed by atoms with van der Waals surface area (Å²) in [5.41, 5.74) is 2.24. The first-order chi connectivity index (χ1) is 8.58. The predicted molar refractivity (Wildman–Crippen MR) is 72.7 cm³/mol. The fourth-order valence-electron chi connectivity index (χ4n) is 2.26. The molecule has 1 unspecified atom stereocenters. The second-order valence-corrected chi connectivity index (χ2v) is 5.29. The molecule has 0 amide bonds. The lowest BCUT2D eigenvalue weighted by Crippen LogP contribution is -2.24. The van der Waals surface area contributed by atoms with Gasteiger partial charge in [-0.1, -0.05) is 17.7 Å². The van der Waals surface area contributed by atoms with E-state index in [2.05, 4.69) is 5.32 Å². The van der Waals surface area contributed by atoms with Crippen molar-refractivity contribution >= 4 is 24.0 Å². The largest absolute Gasteiger partial charge is 0.491 e. The number of ether oxygens (including phenoxy) is 1. The van der Waals surface area contributed by atoms with E-state index in [1.165, 1.54) is 0 Å². The van der Waals surface area contributed by atoms with Gasteiger partial charge in [-0.3, -0.25) is 0 Å². The first kappa shape index (κ1) is 14.8. The standard InChI is InChI=1S/C13H14ClF2NO.ClH/c14-12-10-3-4-17-6-8(10)1-2-11(12)18-7-9-5-13(9,15)16;/h1-2,9,17H,3-7H2;1H. The van der Waals surface area contributed by atoms with Crippen LogP contribution in [0.5, 0.6) is 5.75 Å². The van der Waals surface area contributed by atoms with E-state index in [1.54, 1.807) is 6.07 Å². The van der Waals surface area contributed by atoms with Crippen molar-refractivity contribution in [3.05, 3.63) is 28.3 Å². The maximum absolute atomic E-state index is 12.8. The van der Waals surface area contributed by atoms with Gasteiger partial charge in [0.25, 0.3) is 5.92 Å². The van der Waals surface area contributed by atoms with E-state index >= 15 is 0 Å². The minimum atomic E-state index is -2.54. The zero-order valence-electron chi connectivity index (χ0n) is 10.2. The third-order valence-electron chi connectivity index (χ3n) is 3.57. The molecule has 1 saturated carbocycles. The van der Waals surface area contributed by atoms with Crippen molar-refractivity contribution in [2.24, 2.45) is 5.92 Å². The average molecular weight is 310 g/mol. The zero-order chi connectivity index (χ0) is 12.8. The molecule has 1 aliphatic heterocycles. The summed E-state index contributed by atoms with van der Waals surface area (Å²) in [6.45, 7) is 1.73. The maximum atomic E-state index is 12.8. The lowest BCUT2D eigenvalue weighted by Gasteiger charge is -2.20. The molecule has 0 bridgehead atoms. The molecule has 6 heteroatoms. The van der Waals surface area contributed by atoms with Crippen LogP contribution in [0.1, 0.15) is 17.5 Å². The summed E-state index contributed by atoms with van der Waals surface area (Å²) in [7, 11) is 0. The second kappa shape index (κ2) is 5.43. The molecule has 1 atom stereocenters. The van der Waals surface area contributed by atoms with E-state index in [9.17, 15) is 8.78 Å². The average Bonchev–Trinajstić information content (AvgIpc) is 2.97. The summed E-state index contributed by atoms with van der Waals surface area (Å²) in [4.78, 5) is 0. The normalized spacial score (nSPS) is 23.2. The van der Waals surface area contributed by atoms with Crippen molar-refractivity contribution in [2.45, 2.75) is 25.3 Å². The summed E-state index contributed by atoms with van der Waals surface area (Å²) in [6.07, 6.45) is 0.782. The van der Waals surface area contributed by atoms with Crippen LogP contribution >= 0.6 is 24.0 Å². The van der Waals surface area contributed by atoms with E-state index in [0.29, 0.717) is 10.8 Å². The first-order valence-corrected chi connectivity index (χ1v) is 6.47. The van der Waals surface area contributed by atoms with Crippen LogP contribution in [0.4, 0.5) is 8.78 Å². The molecule has 0 saturated heterocycles. The van der Waals surface area contributed by atoms with Gasteiger partial charge in [-0.15, -0.1) is 12.4 Å². The summed E-state index contributed by atoms with van der Waals surface area (Å²) in [5, 5.41) is 3.84. The molecule has 1 N–H and O–H groups in total. The van der Waals surface area contributed by atoms with E-state index in [-0.39, 0.29) is 25.4 Å². The summed E-state index contributed by atoms with van der Waals surface area (Å²) < 4.78 is 30.9. The number of benzene rings is 1. The fourth-order valence-corrected chi connectivity index (χ4v) is 2.60. The van der Waals surface area contributed by atoms with Crippen LogP contribution in [0.15, 0.2) is 12.1 Å². The minimum Gasteiger partial charge on any atom is -0.491 e. The van der Waals surface area contributed by atoms with Crippen LogP contribution in [0.3, 0.4) is 0 Å². The van der Waals surface area contributed by atoms with Crippen molar-refractivity contribution in [3.63, 3.8) is 0 Å². The van der Waals surface area contributed by atoms with Crippen molar-refractivity contribution in [1.82, 2.24) is 5.32 Å². The Labute approximate surface area is 121 Å². The highest BCUT2D eigenvalue weighted by Crippen LogP contribution is 2.48. The number of nitrogens with one attached hydrogen (secondary N) is 1. The SMILES string of the molecule is Cl.FC1(F)CC1COc1ccc2c(c1Cl)CCNC2. The van der Waals surface area contributed by atoms with Gasteiger partial charge in [0.05, 0.1) is 17.5 Å². The molecule has 1 heterocycles. The van der Waals surface area contributed by atoms with Crippen molar-refractivity contribution in [2.75, 3.05) is 13.2 Å². The third-order valence-corrected chi connectivity index (χ3v) is 3.98. The monoisotopic (exact) mass is 309 g/mol. The lowest BCUT2D eigenvalue weighted by atomic mass is 10.0. The number of hydrogen-bond donors (Lipinski definition) is 1. The molecule has 1 aromatic rings. The molecule has 3 rings (SSSR count). The van der Waals surface area contributed by atoms with Gasteiger partial charge in [-0.05, 0) is 30.2 Å². The highest BCUT2D eigenvalue weighted by molar-refractivity contribution is 6.33. The molecular formula is C13H15Cl2F2NO. The van der Waals surface area contributed by atoms with Gasteiger partial charge >= 0.3 is 0 Å². The molecule has 2 aliphatic rings.